The average Bonchev–Trinajstić information content (AvgIpc) is 2.43. The summed E-state index contributed by atoms with van der Waals surface area (Å²) in [6.45, 7) is 0. The summed E-state index contributed by atoms with van der Waals surface area (Å²) in [5.74, 6) is -1.26. The Morgan fingerprint density at radius 3 is 2.75 bits per heavy atom. The second kappa shape index (κ2) is 5.82. The number of carbonyl (C=O) groups excluding carboxylic acids is 1. The fourth-order valence-corrected chi connectivity index (χ4v) is 1.72. The zero-order valence-electron chi connectivity index (χ0n) is 9.69. The van der Waals surface area contributed by atoms with Crippen LogP contribution < -0.4 is 5.32 Å². The quantitative estimate of drug-likeness (QED) is 0.924. The van der Waals surface area contributed by atoms with E-state index >= 15 is 0 Å². The van der Waals surface area contributed by atoms with Gasteiger partial charge in [-0.15, -0.1) is 10.2 Å². The summed E-state index contributed by atoms with van der Waals surface area (Å²) in [4.78, 5) is 12.0. The van der Waals surface area contributed by atoms with Gasteiger partial charge in [0.2, 0.25) is 0 Å². The lowest BCUT2D eigenvalue weighted by Crippen LogP contribution is -2.13. The highest BCUT2D eigenvalue weighted by Gasteiger charge is 2.14. The molecule has 0 saturated heterocycles. The van der Waals surface area contributed by atoms with E-state index in [2.05, 4.69) is 15.5 Å². The summed E-state index contributed by atoms with van der Waals surface area (Å²) in [7, 11) is 0. The monoisotopic (exact) mass is 310 g/mol. The Morgan fingerprint density at radius 2 is 2.05 bits per heavy atom. The number of halogens is 3. The number of rotatable bonds is 2. The van der Waals surface area contributed by atoms with Crippen LogP contribution in [0.25, 0.3) is 0 Å². The van der Waals surface area contributed by atoms with Crippen molar-refractivity contribution in [2.24, 2.45) is 0 Å². The van der Waals surface area contributed by atoms with Gasteiger partial charge in [-0.2, -0.15) is 5.26 Å². The molecule has 2 aromatic rings. The minimum Gasteiger partial charge on any atom is -0.322 e. The van der Waals surface area contributed by atoms with Crippen LogP contribution in [0.2, 0.25) is 10.3 Å². The van der Waals surface area contributed by atoms with Gasteiger partial charge in [0.05, 0.1) is 11.1 Å². The molecule has 0 saturated carbocycles. The molecule has 5 nitrogen and oxygen atoms in total. The smallest absolute Gasteiger partial charge is 0.258 e. The Labute approximate surface area is 123 Å². The van der Waals surface area contributed by atoms with Crippen LogP contribution in [0.3, 0.4) is 0 Å². The van der Waals surface area contributed by atoms with Gasteiger partial charge in [-0.05, 0) is 24.3 Å². The molecular formula is C12H5Cl2FN4O. The number of hydrogen-bond donors (Lipinski definition) is 1. The molecule has 1 amide bonds. The third-order valence-corrected chi connectivity index (χ3v) is 2.77. The Kier molecular flexibility index (Phi) is 4.13. The van der Waals surface area contributed by atoms with Gasteiger partial charge in [0.15, 0.2) is 10.3 Å². The fraction of sp³-hybridized carbons (Fsp3) is 0. The van der Waals surface area contributed by atoms with E-state index in [1.807, 2.05) is 0 Å². The van der Waals surface area contributed by atoms with Crippen molar-refractivity contribution in [1.29, 1.82) is 5.26 Å². The Morgan fingerprint density at radius 1 is 1.30 bits per heavy atom. The van der Waals surface area contributed by atoms with Crippen molar-refractivity contribution in [2.45, 2.75) is 0 Å². The number of nitrogens with one attached hydrogen (secondary N) is 1. The lowest BCUT2D eigenvalue weighted by atomic mass is 10.2. The molecule has 0 unspecified atom stereocenters. The highest BCUT2D eigenvalue weighted by Crippen LogP contribution is 2.19. The van der Waals surface area contributed by atoms with Crippen LogP contribution in [0.4, 0.5) is 10.1 Å². The fourth-order valence-electron chi connectivity index (χ4n) is 1.40. The minimum absolute atomic E-state index is 0.0105. The average molecular weight is 311 g/mol. The molecular weight excluding hydrogens is 306 g/mol. The van der Waals surface area contributed by atoms with Gasteiger partial charge >= 0.3 is 0 Å². The van der Waals surface area contributed by atoms with E-state index < -0.39 is 11.7 Å². The van der Waals surface area contributed by atoms with Crippen LogP contribution in [-0.4, -0.2) is 16.1 Å². The van der Waals surface area contributed by atoms with Crippen LogP contribution in [0.5, 0.6) is 0 Å². The number of anilines is 1. The van der Waals surface area contributed by atoms with Crippen LogP contribution >= 0.6 is 23.2 Å². The first-order chi connectivity index (χ1) is 9.51. The number of amides is 1. The molecule has 0 spiro atoms. The van der Waals surface area contributed by atoms with Crippen molar-refractivity contribution in [3.8, 4) is 6.07 Å². The number of aromatic nitrogens is 2. The van der Waals surface area contributed by atoms with Crippen molar-refractivity contribution in [3.63, 3.8) is 0 Å². The van der Waals surface area contributed by atoms with Gasteiger partial charge in [0.25, 0.3) is 5.91 Å². The van der Waals surface area contributed by atoms with Gasteiger partial charge in [0, 0.05) is 5.69 Å². The van der Waals surface area contributed by atoms with E-state index in [4.69, 9.17) is 28.5 Å². The molecule has 0 radical (unpaired) electrons. The van der Waals surface area contributed by atoms with E-state index in [0.29, 0.717) is 0 Å². The second-order valence-electron chi connectivity index (χ2n) is 3.63. The standard InChI is InChI=1S/C12H5Cl2FN4O/c13-10-4-8(11(14)19-18-10)12(20)17-7-1-2-9(15)6(3-7)5-16/h1-4H,(H,17,20). The van der Waals surface area contributed by atoms with Crippen molar-refractivity contribution >= 4 is 34.8 Å². The lowest BCUT2D eigenvalue weighted by molar-refractivity contribution is 0.102. The van der Waals surface area contributed by atoms with E-state index in [1.54, 1.807) is 6.07 Å². The second-order valence-corrected chi connectivity index (χ2v) is 4.38. The Bertz CT molecular complexity index is 730. The molecule has 0 aliphatic carbocycles. The summed E-state index contributed by atoms with van der Waals surface area (Å²) in [5.41, 5.74) is 0.0891. The highest BCUT2D eigenvalue weighted by atomic mass is 35.5. The molecule has 0 bridgehead atoms. The van der Waals surface area contributed by atoms with Gasteiger partial charge in [0.1, 0.15) is 11.9 Å². The van der Waals surface area contributed by atoms with Gasteiger partial charge in [-0.3, -0.25) is 4.79 Å². The van der Waals surface area contributed by atoms with E-state index in [0.717, 1.165) is 6.07 Å². The van der Waals surface area contributed by atoms with E-state index in [9.17, 15) is 9.18 Å². The summed E-state index contributed by atoms with van der Waals surface area (Å²) in [6, 6.07) is 6.52. The van der Waals surface area contributed by atoms with Crippen LogP contribution in [0.1, 0.15) is 15.9 Å². The third kappa shape index (κ3) is 3.02. The zero-order valence-corrected chi connectivity index (χ0v) is 11.2. The van der Waals surface area contributed by atoms with E-state index in [-0.39, 0.29) is 27.1 Å². The third-order valence-electron chi connectivity index (χ3n) is 2.31. The summed E-state index contributed by atoms with van der Waals surface area (Å²) < 4.78 is 13.2. The van der Waals surface area contributed by atoms with E-state index in [1.165, 1.54) is 18.2 Å². The summed E-state index contributed by atoms with van der Waals surface area (Å²) in [5, 5.41) is 18.0. The number of hydrogen-bond acceptors (Lipinski definition) is 4. The maximum atomic E-state index is 13.2. The maximum Gasteiger partial charge on any atom is 0.258 e. The van der Waals surface area contributed by atoms with Crippen LogP contribution in [0.15, 0.2) is 24.3 Å². The molecule has 1 aromatic heterocycles. The molecule has 0 atom stereocenters. The van der Waals surface area contributed by atoms with Crippen molar-refractivity contribution in [2.75, 3.05) is 5.32 Å². The SMILES string of the molecule is N#Cc1cc(NC(=O)c2cc(Cl)nnc2Cl)ccc1F. The molecule has 100 valence electrons. The largest absolute Gasteiger partial charge is 0.322 e. The molecule has 20 heavy (non-hydrogen) atoms. The van der Waals surface area contributed by atoms with Crippen molar-refractivity contribution in [1.82, 2.24) is 10.2 Å². The molecule has 1 aromatic carbocycles. The minimum atomic E-state index is -0.669. The van der Waals surface area contributed by atoms with Crippen molar-refractivity contribution < 1.29 is 9.18 Å². The summed E-state index contributed by atoms with van der Waals surface area (Å²) in [6.07, 6.45) is 0. The highest BCUT2D eigenvalue weighted by molar-refractivity contribution is 6.34. The van der Waals surface area contributed by atoms with Crippen LogP contribution in [-0.2, 0) is 0 Å². The molecule has 0 aliphatic rings. The predicted molar refractivity (Wildman–Crippen MR) is 71.1 cm³/mol. The van der Waals surface area contributed by atoms with Gasteiger partial charge in [-0.1, -0.05) is 23.2 Å². The molecule has 0 fully saturated rings. The normalized spacial score (nSPS) is 9.90. The molecule has 8 heteroatoms. The zero-order chi connectivity index (χ0) is 14.7. The lowest BCUT2D eigenvalue weighted by Gasteiger charge is -2.06. The molecule has 1 heterocycles. The topological polar surface area (TPSA) is 78.7 Å². The summed E-state index contributed by atoms with van der Waals surface area (Å²) >= 11 is 11.4. The predicted octanol–water partition coefficient (Wildman–Crippen LogP) is 3.05. The van der Waals surface area contributed by atoms with Crippen LogP contribution in [0, 0.1) is 17.1 Å². The molecule has 0 aliphatic heterocycles. The van der Waals surface area contributed by atoms with Gasteiger partial charge in [-0.25, -0.2) is 4.39 Å². The number of carbonyl (C=O) groups is 1. The Balaban J connectivity index is 2.28. The number of nitrogens with zero attached hydrogens (tertiary/aromatic N) is 3. The Hall–Kier alpha value is -2.23. The van der Waals surface area contributed by atoms with Crippen molar-refractivity contribution in [3.05, 3.63) is 51.5 Å². The molecule has 1 N–H and O–H groups in total. The first-order valence-electron chi connectivity index (χ1n) is 5.21. The first-order valence-corrected chi connectivity index (χ1v) is 5.96. The number of benzene rings is 1. The first kappa shape index (κ1) is 14.2. The maximum absolute atomic E-state index is 13.2. The molecule has 2 rings (SSSR count). The van der Waals surface area contributed by atoms with Gasteiger partial charge < -0.3 is 5.32 Å². The number of nitriles is 1.